The summed E-state index contributed by atoms with van der Waals surface area (Å²) in [6.07, 6.45) is 5.66. The molecule has 0 atom stereocenters. The van der Waals surface area contributed by atoms with Crippen molar-refractivity contribution in [2.45, 2.75) is 32.2 Å². The molecule has 0 radical (unpaired) electrons. The van der Waals surface area contributed by atoms with Crippen LogP contribution in [0, 0.1) is 0 Å². The highest BCUT2D eigenvalue weighted by Gasteiger charge is 2.24. The molecule has 1 saturated heterocycles. The number of amides is 1. The SMILES string of the molecule is CCc1ccc(C(=O)NC2CCN(c3ncnc4nc[nH]c34)CC2)o1. The number of nitrogens with one attached hydrogen (secondary N) is 2. The van der Waals surface area contributed by atoms with Gasteiger partial charge >= 0.3 is 0 Å². The van der Waals surface area contributed by atoms with Gasteiger partial charge in [-0.1, -0.05) is 6.92 Å². The molecule has 8 nitrogen and oxygen atoms in total. The molecule has 4 rings (SSSR count). The molecule has 2 N–H and O–H groups in total. The van der Waals surface area contributed by atoms with E-state index in [9.17, 15) is 4.79 Å². The van der Waals surface area contributed by atoms with Crippen LogP contribution in [0.1, 0.15) is 36.1 Å². The number of carbonyl (C=O) groups is 1. The van der Waals surface area contributed by atoms with Crippen LogP contribution in [0.3, 0.4) is 0 Å². The molecule has 130 valence electrons. The molecule has 8 heteroatoms. The first-order valence-corrected chi connectivity index (χ1v) is 8.53. The average molecular weight is 340 g/mol. The number of aromatic amines is 1. The Hall–Kier alpha value is -2.90. The number of piperidine rings is 1. The Labute approximate surface area is 144 Å². The summed E-state index contributed by atoms with van der Waals surface area (Å²) < 4.78 is 5.52. The van der Waals surface area contributed by atoms with Gasteiger partial charge in [-0.2, -0.15) is 0 Å². The Bertz CT molecular complexity index is 878. The predicted octanol–water partition coefficient (Wildman–Crippen LogP) is 1.91. The number of imidazole rings is 1. The highest BCUT2D eigenvalue weighted by Crippen LogP contribution is 2.23. The molecule has 0 aliphatic carbocycles. The first kappa shape index (κ1) is 15.6. The van der Waals surface area contributed by atoms with Gasteiger partial charge in [-0.05, 0) is 25.0 Å². The number of carbonyl (C=O) groups excluding carboxylic acids is 1. The molecule has 1 aliphatic rings. The van der Waals surface area contributed by atoms with E-state index < -0.39 is 0 Å². The number of nitrogens with zero attached hydrogens (tertiary/aromatic N) is 4. The maximum atomic E-state index is 12.3. The van der Waals surface area contributed by atoms with Gasteiger partial charge in [0.1, 0.15) is 17.6 Å². The molecule has 3 aromatic heterocycles. The fraction of sp³-hybridized carbons (Fsp3) is 0.412. The van der Waals surface area contributed by atoms with Crippen LogP contribution >= 0.6 is 0 Å². The van der Waals surface area contributed by atoms with Gasteiger partial charge in [0, 0.05) is 25.6 Å². The topological polar surface area (TPSA) is 99.9 Å². The van der Waals surface area contributed by atoms with Crippen LogP contribution in [-0.2, 0) is 6.42 Å². The van der Waals surface area contributed by atoms with Crippen molar-refractivity contribution < 1.29 is 9.21 Å². The van der Waals surface area contributed by atoms with Gasteiger partial charge in [-0.25, -0.2) is 15.0 Å². The van der Waals surface area contributed by atoms with Gasteiger partial charge in [0.15, 0.2) is 17.2 Å². The number of hydrogen-bond acceptors (Lipinski definition) is 6. The molecule has 1 fully saturated rings. The molecule has 4 heterocycles. The van der Waals surface area contributed by atoms with Gasteiger partial charge in [-0.3, -0.25) is 4.79 Å². The van der Waals surface area contributed by atoms with Crippen molar-refractivity contribution in [3.63, 3.8) is 0 Å². The minimum Gasteiger partial charge on any atom is -0.456 e. The Morgan fingerprint density at radius 1 is 1.32 bits per heavy atom. The van der Waals surface area contributed by atoms with Gasteiger partial charge in [0.05, 0.1) is 6.33 Å². The molecule has 0 spiro atoms. The Morgan fingerprint density at radius 3 is 2.92 bits per heavy atom. The van der Waals surface area contributed by atoms with E-state index in [-0.39, 0.29) is 11.9 Å². The number of aromatic nitrogens is 4. The number of anilines is 1. The third-order valence-corrected chi connectivity index (χ3v) is 4.57. The van der Waals surface area contributed by atoms with Crippen LogP contribution in [-0.4, -0.2) is 45.0 Å². The monoisotopic (exact) mass is 340 g/mol. The molecular formula is C17H20N6O2. The van der Waals surface area contributed by atoms with Gasteiger partial charge < -0.3 is 19.6 Å². The first-order valence-electron chi connectivity index (χ1n) is 8.53. The minimum absolute atomic E-state index is 0.137. The molecule has 0 aromatic carbocycles. The number of hydrogen-bond donors (Lipinski definition) is 2. The first-order chi connectivity index (χ1) is 12.2. The van der Waals surface area contributed by atoms with Gasteiger partial charge in [-0.15, -0.1) is 0 Å². The van der Waals surface area contributed by atoms with Crippen LogP contribution in [0.5, 0.6) is 0 Å². The van der Waals surface area contributed by atoms with Crippen molar-refractivity contribution in [2.24, 2.45) is 0 Å². The highest BCUT2D eigenvalue weighted by atomic mass is 16.3. The smallest absolute Gasteiger partial charge is 0.287 e. The zero-order valence-corrected chi connectivity index (χ0v) is 14.0. The van der Waals surface area contributed by atoms with E-state index in [0.717, 1.165) is 49.4 Å². The van der Waals surface area contributed by atoms with Crippen molar-refractivity contribution in [2.75, 3.05) is 18.0 Å². The van der Waals surface area contributed by atoms with Crippen molar-refractivity contribution in [3.05, 3.63) is 36.3 Å². The Balaban J connectivity index is 1.38. The summed E-state index contributed by atoms with van der Waals surface area (Å²) in [6, 6.07) is 3.72. The second kappa shape index (κ2) is 6.54. The number of furan rings is 1. The standard InChI is InChI=1S/C17H20N6O2/c1-2-12-3-4-13(25-12)17(24)22-11-5-7-23(8-6-11)16-14-15(19-9-18-14)20-10-21-16/h3-4,9-11H,2,5-8H2,1H3,(H,22,24)(H,18,19,20,21). The van der Waals surface area contributed by atoms with E-state index in [4.69, 9.17) is 4.42 Å². The van der Waals surface area contributed by atoms with Gasteiger partial charge in [0.2, 0.25) is 0 Å². The number of rotatable bonds is 4. The zero-order valence-electron chi connectivity index (χ0n) is 14.0. The lowest BCUT2D eigenvalue weighted by atomic mass is 10.0. The van der Waals surface area contributed by atoms with E-state index in [0.29, 0.717) is 11.4 Å². The Kier molecular flexibility index (Phi) is 4.09. The van der Waals surface area contributed by atoms with Crippen molar-refractivity contribution in [3.8, 4) is 0 Å². The lowest BCUT2D eigenvalue weighted by molar-refractivity contribution is 0.0901. The summed E-state index contributed by atoms with van der Waals surface area (Å²) in [5, 5.41) is 3.06. The predicted molar refractivity (Wildman–Crippen MR) is 92.5 cm³/mol. The van der Waals surface area contributed by atoms with Crippen LogP contribution in [0.4, 0.5) is 5.82 Å². The van der Waals surface area contributed by atoms with E-state index in [1.165, 1.54) is 6.33 Å². The molecule has 0 bridgehead atoms. The highest BCUT2D eigenvalue weighted by molar-refractivity contribution is 5.91. The van der Waals surface area contributed by atoms with E-state index in [1.807, 2.05) is 13.0 Å². The second-order valence-corrected chi connectivity index (χ2v) is 6.15. The third kappa shape index (κ3) is 3.07. The average Bonchev–Trinajstić information content (AvgIpc) is 3.31. The summed E-state index contributed by atoms with van der Waals surface area (Å²) >= 11 is 0. The number of fused-ring (bicyclic) bond motifs is 1. The van der Waals surface area contributed by atoms with Crippen molar-refractivity contribution in [1.82, 2.24) is 25.3 Å². The third-order valence-electron chi connectivity index (χ3n) is 4.57. The van der Waals surface area contributed by atoms with Crippen LogP contribution < -0.4 is 10.2 Å². The summed E-state index contributed by atoms with van der Waals surface area (Å²) in [5.74, 6) is 1.93. The van der Waals surface area contributed by atoms with Crippen molar-refractivity contribution >= 4 is 22.9 Å². The summed E-state index contributed by atoms with van der Waals surface area (Å²) in [4.78, 5) is 30.3. The maximum Gasteiger partial charge on any atom is 0.287 e. The van der Waals surface area contributed by atoms with E-state index in [2.05, 4.69) is 30.2 Å². The van der Waals surface area contributed by atoms with E-state index in [1.54, 1.807) is 12.4 Å². The zero-order chi connectivity index (χ0) is 17.2. The molecule has 25 heavy (non-hydrogen) atoms. The number of aryl methyl sites for hydroxylation is 1. The molecule has 1 aliphatic heterocycles. The lowest BCUT2D eigenvalue weighted by Gasteiger charge is -2.33. The summed E-state index contributed by atoms with van der Waals surface area (Å²) in [5.41, 5.74) is 1.53. The summed E-state index contributed by atoms with van der Waals surface area (Å²) in [6.45, 7) is 3.63. The lowest BCUT2D eigenvalue weighted by Crippen LogP contribution is -2.45. The van der Waals surface area contributed by atoms with Crippen LogP contribution in [0.25, 0.3) is 11.2 Å². The molecular weight excluding hydrogens is 320 g/mol. The van der Waals surface area contributed by atoms with Gasteiger partial charge in [0.25, 0.3) is 5.91 Å². The van der Waals surface area contributed by atoms with Crippen molar-refractivity contribution in [1.29, 1.82) is 0 Å². The largest absolute Gasteiger partial charge is 0.456 e. The Morgan fingerprint density at radius 2 is 2.16 bits per heavy atom. The molecule has 1 amide bonds. The van der Waals surface area contributed by atoms with Crippen LogP contribution in [0.2, 0.25) is 0 Å². The van der Waals surface area contributed by atoms with Crippen LogP contribution in [0.15, 0.2) is 29.2 Å². The fourth-order valence-electron chi connectivity index (χ4n) is 3.17. The quantitative estimate of drug-likeness (QED) is 0.752. The second-order valence-electron chi connectivity index (χ2n) is 6.15. The fourth-order valence-corrected chi connectivity index (χ4v) is 3.17. The summed E-state index contributed by atoms with van der Waals surface area (Å²) in [7, 11) is 0. The number of H-pyrrole nitrogens is 1. The minimum atomic E-state index is -0.142. The molecule has 0 unspecified atom stereocenters. The van der Waals surface area contributed by atoms with E-state index >= 15 is 0 Å². The maximum absolute atomic E-state index is 12.3. The molecule has 3 aromatic rings. The normalized spacial score (nSPS) is 15.6. The molecule has 0 saturated carbocycles.